The van der Waals surface area contributed by atoms with Gasteiger partial charge in [-0.2, -0.15) is 0 Å². The minimum atomic E-state index is -0.552. The number of halogens is 1. The number of hydrogen-bond acceptors (Lipinski definition) is 3. The molecule has 1 N–H and O–H groups in total. The minimum absolute atomic E-state index is 0.107. The molecule has 1 aliphatic rings. The van der Waals surface area contributed by atoms with E-state index in [1.807, 2.05) is 6.92 Å². The molecule has 4 nitrogen and oxygen atoms in total. The fourth-order valence-electron chi connectivity index (χ4n) is 2.19. The number of rotatable bonds is 3. The van der Waals surface area contributed by atoms with E-state index in [4.69, 9.17) is 0 Å². The molecule has 1 saturated heterocycles. The van der Waals surface area contributed by atoms with E-state index >= 15 is 0 Å². The molecule has 1 aliphatic heterocycles. The second-order valence-electron chi connectivity index (χ2n) is 4.70. The summed E-state index contributed by atoms with van der Waals surface area (Å²) in [5, 5.41) is 2.81. The topological polar surface area (TPSA) is 45.2 Å². The molecule has 98 valence electrons. The van der Waals surface area contributed by atoms with Gasteiger partial charge in [0.1, 0.15) is 0 Å². The number of hydrogen-bond donors (Lipinski definition) is 1. The van der Waals surface area contributed by atoms with E-state index in [1.165, 1.54) is 12.3 Å². The Bertz CT molecular complexity index is 450. The fourth-order valence-corrected chi connectivity index (χ4v) is 2.19. The zero-order valence-electron chi connectivity index (χ0n) is 10.7. The van der Waals surface area contributed by atoms with Gasteiger partial charge >= 0.3 is 0 Å². The van der Waals surface area contributed by atoms with Crippen LogP contribution in [0.2, 0.25) is 0 Å². The fraction of sp³-hybridized carbons (Fsp3) is 0.538. The van der Waals surface area contributed by atoms with Gasteiger partial charge in [-0.3, -0.25) is 4.79 Å². The van der Waals surface area contributed by atoms with Gasteiger partial charge in [0, 0.05) is 25.8 Å². The van der Waals surface area contributed by atoms with E-state index in [0.717, 1.165) is 6.42 Å². The van der Waals surface area contributed by atoms with E-state index in [9.17, 15) is 9.18 Å². The van der Waals surface area contributed by atoms with E-state index in [1.54, 1.807) is 4.90 Å². The Morgan fingerprint density at radius 3 is 3.06 bits per heavy atom. The molecule has 2 rings (SSSR count). The van der Waals surface area contributed by atoms with E-state index in [0.29, 0.717) is 25.6 Å². The van der Waals surface area contributed by atoms with E-state index in [-0.39, 0.29) is 17.3 Å². The van der Waals surface area contributed by atoms with Crippen molar-refractivity contribution >= 4 is 11.7 Å². The quantitative estimate of drug-likeness (QED) is 0.895. The highest BCUT2D eigenvalue weighted by Crippen LogP contribution is 2.21. The molecule has 1 amide bonds. The van der Waals surface area contributed by atoms with E-state index in [2.05, 4.69) is 17.2 Å². The van der Waals surface area contributed by atoms with Crippen molar-refractivity contribution < 1.29 is 9.18 Å². The monoisotopic (exact) mass is 251 g/mol. The highest BCUT2D eigenvalue weighted by Gasteiger charge is 2.26. The molecular weight excluding hydrogens is 233 g/mol. The maximum Gasteiger partial charge on any atom is 0.257 e. The standard InChI is InChI=1S/C13H18FN3O/c1-3-15-12-11(14)10(4-6-16-12)13(18)17-7-5-9(2)8-17/h4,6,9H,3,5,7-8H2,1-2H3,(H,15,16). The Hall–Kier alpha value is -1.65. The summed E-state index contributed by atoms with van der Waals surface area (Å²) in [7, 11) is 0. The van der Waals surface area contributed by atoms with E-state index < -0.39 is 5.82 Å². The minimum Gasteiger partial charge on any atom is -0.368 e. The van der Waals surface area contributed by atoms with Crippen LogP contribution in [0, 0.1) is 11.7 Å². The van der Waals surface area contributed by atoms with Crippen LogP contribution in [0.3, 0.4) is 0 Å². The molecule has 0 spiro atoms. The zero-order chi connectivity index (χ0) is 13.1. The van der Waals surface area contributed by atoms with Crippen molar-refractivity contribution in [3.05, 3.63) is 23.6 Å². The highest BCUT2D eigenvalue weighted by atomic mass is 19.1. The molecule has 1 unspecified atom stereocenters. The van der Waals surface area contributed by atoms with Crippen LogP contribution in [-0.2, 0) is 0 Å². The summed E-state index contributed by atoms with van der Waals surface area (Å²) in [6.45, 7) is 5.94. The molecule has 18 heavy (non-hydrogen) atoms. The van der Waals surface area contributed by atoms with Gasteiger partial charge < -0.3 is 10.2 Å². The Morgan fingerprint density at radius 1 is 1.67 bits per heavy atom. The van der Waals surface area contributed by atoms with Crippen molar-refractivity contribution in [3.8, 4) is 0 Å². The van der Waals surface area contributed by atoms with Gasteiger partial charge in [0.25, 0.3) is 5.91 Å². The van der Waals surface area contributed by atoms with Crippen molar-refractivity contribution in [2.45, 2.75) is 20.3 Å². The van der Waals surface area contributed by atoms with Crippen LogP contribution in [0.4, 0.5) is 10.2 Å². The molecule has 0 radical (unpaired) electrons. The number of carbonyl (C=O) groups is 1. The summed E-state index contributed by atoms with van der Waals surface area (Å²) in [6.07, 6.45) is 2.45. The Morgan fingerprint density at radius 2 is 2.44 bits per heavy atom. The summed E-state index contributed by atoms with van der Waals surface area (Å²) < 4.78 is 14.1. The number of pyridine rings is 1. The molecule has 0 saturated carbocycles. The van der Waals surface area contributed by atoms with Crippen LogP contribution in [0.1, 0.15) is 30.6 Å². The molecule has 1 fully saturated rings. The zero-order valence-corrected chi connectivity index (χ0v) is 10.7. The van der Waals surface area contributed by atoms with Crippen LogP contribution in [0.5, 0.6) is 0 Å². The van der Waals surface area contributed by atoms with Crippen molar-refractivity contribution in [1.82, 2.24) is 9.88 Å². The summed E-state index contributed by atoms with van der Waals surface area (Å²) in [6, 6.07) is 1.45. The first-order chi connectivity index (χ1) is 8.63. The number of anilines is 1. The highest BCUT2D eigenvalue weighted by molar-refractivity contribution is 5.95. The average molecular weight is 251 g/mol. The second kappa shape index (κ2) is 5.33. The molecule has 0 aliphatic carbocycles. The summed E-state index contributed by atoms with van der Waals surface area (Å²) in [4.78, 5) is 17.8. The molecule has 5 heteroatoms. The maximum absolute atomic E-state index is 14.1. The second-order valence-corrected chi connectivity index (χ2v) is 4.70. The molecule has 1 aromatic rings. The lowest BCUT2D eigenvalue weighted by molar-refractivity contribution is 0.0783. The van der Waals surface area contributed by atoms with Gasteiger partial charge in [0.05, 0.1) is 5.56 Å². The summed E-state index contributed by atoms with van der Waals surface area (Å²) >= 11 is 0. The molecule has 0 bridgehead atoms. The SMILES string of the molecule is CCNc1nccc(C(=O)N2CCC(C)C2)c1F. The smallest absolute Gasteiger partial charge is 0.257 e. The van der Waals surface area contributed by atoms with Gasteiger partial charge in [0.15, 0.2) is 11.6 Å². The molecule has 0 aromatic carbocycles. The first-order valence-electron chi connectivity index (χ1n) is 6.31. The van der Waals surface area contributed by atoms with Crippen LogP contribution >= 0.6 is 0 Å². The largest absolute Gasteiger partial charge is 0.368 e. The van der Waals surface area contributed by atoms with Crippen LogP contribution < -0.4 is 5.32 Å². The third-order valence-corrected chi connectivity index (χ3v) is 3.17. The number of nitrogens with zero attached hydrogens (tertiary/aromatic N) is 2. The van der Waals surface area contributed by atoms with Crippen molar-refractivity contribution in [1.29, 1.82) is 0 Å². The van der Waals surface area contributed by atoms with Crippen molar-refractivity contribution in [2.75, 3.05) is 25.0 Å². The first-order valence-corrected chi connectivity index (χ1v) is 6.31. The summed E-state index contributed by atoms with van der Waals surface area (Å²) in [5.41, 5.74) is 0.107. The number of amides is 1. The predicted octanol–water partition coefficient (Wildman–Crippen LogP) is 2.13. The molecule has 1 aromatic heterocycles. The van der Waals surface area contributed by atoms with Crippen LogP contribution in [-0.4, -0.2) is 35.4 Å². The molecule has 1 atom stereocenters. The molecule has 2 heterocycles. The number of nitrogens with one attached hydrogen (secondary N) is 1. The van der Waals surface area contributed by atoms with Gasteiger partial charge in [-0.15, -0.1) is 0 Å². The van der Waals surface area contributed by atoms with Crippen molar-refractivity contribution in [3.63, 3.8) is 0 Å². The maximum atomic E-state index is 14.1. The number of carbonyl (C=O) groups excluding carboxylic acids is 1. The molecular formula is C13H18FN3O. The number of aromatic nitrogens is 1. The summed E-state index contributed by atoms with van der Waals surface area (Å²) in [5.74, 6) is -0.148. The first kappa shape index (κ1) is 12.8. The normalized spacial score (nSPS) is 19.1. The lowest BCUT2D eigenvalue weighted by Crippen LogP contribution is -2.29. The van der Waals surface area contributed by atoms with Crippen LogP contribution in [0.15, 0.2) is 12.3 Å². The van der Waals surface area contributed by atoms with Gasteiger partial charge in [-0.25, -0.2) is 9.37 Å². The van der Waals surface area contributed by atoms with Gasteiger partial charge in [-0.05, 0) is 25.3 Å². The predicted molar refractivity (Wildman–Crippen MR) is 68.0 cm³/mol. The third kappa shape index (κ3) is 2.44. The number of likely N-dealkylation sites (tertiary alicyclic amines) is 1. The van der Waals surface area contributed by atoms with Gasteiger partial charge in [0.2, 0.25) is 0 Å². The Kier molecular flexibility index (Phi) is 3.79. The average Bonchev–Trinajstić information content (AvgIpc) is 2.78. The van der Waals surface area contributed by atoms with Crippen molar-refractivity contribution in [2.24, 2.45) is 5.92 Å². The Labute approximate surface area is 106 Å². The lowest BCUT2D eigenvalue weighted by atomic mass is 10.2. The lowest BCUT2D eigenvalue weighted by Gasteiger charge is -2.17. The third-order valence-electron chi connectivity index (χ3n) is 3.17. The van der Waals surface area contributed by atoms with Crippen LogP contribution in [0.25, 0.3) is 0 Å². The van der Waals surface area contributed by atoms with Gasteiger partial charge in [-0.1, -0.05) is 6.92 Å². The Balaban J connectivity index is 2.22.